The van der Waals surface area contributed by atoms with E-state index in [4.69, 9.17) is 11.2 Å². The molecule has 0 amide bonds. The molecule has 1 atom stereocenters. The average Bonchev–Trinajstić information content (AvgIpc) is 2.42. The van der Waals surface area contributed by atoms with Gasteiger partial charge in [-0.3, -0.25) is 9.80 Å². The average molecular weight is 265 g/mol. The van der Waals surface area contributed by atoms with Crippen molar-refractivity contribution in [2.75, 3.05) is 52.5 Å². The van der Waals surface area contributed by atoms with E-state index in [1.807, 2.05) is 0 Å². The predicted molar refractivity (Wildman–Crippen MR) is 78.2 cm³/mol. The Labute approximate surface area is 117 Å². The molecule has 0 aliphatic carbocycles. The zero-order valence-electron chi connectivity index (χ0n) is 12.1. The van der Waals surface area contributed by atoms with Crippen LogP contribution in [0.2, 0.25) is 0 Å². The van der Waals surface area contributed by atoms with Crippen molar-refractivity contribution in [2.24, 2.45) is 0 Å². The van der Waals surface area contributed by atoms with Gasteiger partial charge in [0.1, 0.15) is 0 Å². The molecule has 4 nitrogen and oxygen atoms in total. The van der Waals surface area contributed by atoms with Gasteiger partial charge in [-0.1, -0.05) is 5.92 Å². The van der Waals surface area contributed by atoms with Crippen LogP contribution < -0.4 is 5.32 Å². The van der Waals surface area contributed by atoms with Crippen molar-refractivity contribution in [2.45, 2.75) is 31.8 Å². The van der Waals surface area contributed by atoms with E-state index in [0.29, 0.717) is 12.1 Å². The first-order valence-corrected chi connectivity index (χ1v) is 7.50. The van der Waals surface area contributed by atoms with Crippen LogP contribution in [0.25, 0.3) is 0 Å². The molecule has 0 bridgehead atoms. The van der Waals surface area contributed by atoms with Crippen molar-refractivity contribution in [1.29, 1.82) is 0 Å². The Morgan fingerprint density at radius 1 is 1.21 bits per heavy atom. The normalized spacial score (nSPS) is 25.1. The molecule has 0 spiro atoms. The Hall–Kier alpha value is -0.600. The summed E-state index contributed by atoms with van der Waals surface area (Å²) in [5, 5.41) is 3.77. The van der Waals surface area contributed by atoms with E-state index in [1.54, 1.807) is 0 Å². The van der Waals surface area contributed by atoms with Gasteiger partial charge in [-0.05, 0) is 19.8 Å². The number of rotatable bonds is 5. The highest BCUT2D eigenvalue weighted by Crippen LogP contribution is 2.11. The Balaban J connectivity index is 1.63. The van der Waals surface area contributed by atoms with Gasteiger partial charge in [0.05, 0.1) is 19.8 Å². The Bertz CT molecular complexity index is 288. The van der Waals surface area contributed by atoms with Gasteiger partial charge >= 0.3 is 0 Å². The summed E-state index contributed by atoms with van der Waals surface area (Å²) in [5.41, 5.74) is 0. The lowest BCUT2D eigenvalue weighted by Crippen LogP contribution is -2.50. The first-order chi connectivity index (χ1) is 9.28. The quantitative estimate of drug-likeness (QED) is 0.728. The molecule has 2 saturated heterocycles. The lowest BCUT2D eigenvalue weighted by molar-refractivity contribution is 0.0333. The molecule has 1 unspecified atom stereocenters. The van der Waals surface area contributed by atoms with Crippen LogP contribution in [0.5, 0.6) is 0 Å². The Morgan fingerprint density at radius 3 is 2.53 bits per heavy atom. The number of hydrogen-bond acceptors (Lipinski definition) is 4. The number of piperidine rings is 1. The summed E-state index contributed by atoms with van der Waals surface area (Å²) < 4.78 is 5.38. The minimum Gasteiger partial charge on any atom is -0.379 e. The summed E-state index contributed by atoms with van der Waals surface area (Å²) in [7, 11) is 0. The van der Waals surface area contributed by atoms with E-state index in [1.165, 1.54) is 12.8 Å². The maximum absolute atomic E-state index is 5.38. The molecular formula is C15H27N3O. The van der Waals surface area contributed by atoms with Crippen LogP contribution in [0.1, 0.15) is 19.8 Å². The standard InChI is InChI=1S/C15H27N3O/c1-3-6-17-7-4-15(5-8-17)16-14(2)13-18-9-11-19-12-10-18/h1,14-16H,4-13H2,2H3. The van der Waals surface area contributed by atoms with Crippen LogP contribution in [0, 0.1) is 12.3 Å². The van der Waals surface area contributed by atoms with Crippen LogP contribution in [0.4, 0.5) is 0 Å². The molecule has 108 valence electrons. The molecule has 0 aromatic carbocycles. The third-order valence-electron chi connectivity index (χ3n) is 4.06. The van der Waals surface area contributed by atoms with Gasteiger partial charge < -0.3 is 10.1 Å². The van der Waals surface area contributed by atoms with E-state index in [9.17, 15) is 0 Å². The second-order valence-corrected chi connectivity index (χ2v) is 5.74. The zero-order chi connectivity index (χ0) is 13.5. The molecule has 0 saturated carbocycles. The highest BCUT2D eigenvalue weighted by molar-refractivity contribution is 4.90. The van der Waals surface area contributed by atoms with Crippen molar-refractivity contribution >= 4 is 0 Å². The lowest BCUT2D eigenvalue weighted by Gasteiger charge is -2.35. The minimum absolute atomic E-state index is 0.558. The van der Waals surface area contributed by atoms with Gasteiger partial charge in [0.15, 0.2) is 0 Å². The van der Waals surface area contributed by atoms with E-state index in [0.717, 1.165) is 52.5 Å². The van der Waals surface area contributed by atoms with E-state index in [2.05, 4.69) is 28.0 Å². The van der Waals surface area contributed by atoms with E-state index in [-0.39, 0.29) is 0 Å². The molecular weight excluding hydrogens is 238 g/mol. The molecule has 0 aromatic rings. The number of likely N-dealkylation sites (tertiary alicyclic amines) is 1. The second kappa shape index (κ2) is 7.86. The SMILES string of the molecule is C#CCN1CCC(NC(C)CN2CCOCC2)CC1. The fourth-order valence-electron chi connectivity index (χ4n) is 3.01. The highest BCUT2D eigenvalue weighted by Gasteiger charge is 2.21. The Morgan fingerprint density at radius 2 is 1.89 bits per heavy atom. The second-order valence-electron chi connectivity index (χ2n) is 5.74. The maximum atomic E-state index is 5.38. The van der Waals surface area contributed by atoms with Crippen molar-refractivity contribution in [1.82, 2.24) is 15.1 Å². The number of nitrogens with one attached hydrogen (secondary N) is 1. The Kier molecular flexibility index (Phi) is 6.12. The molecule has 0 radical (unpaired) electrons. The van der Waals surface area contributed by atoms with Crippen molar-refractivity contribution in [3.63, 3.8) is 0 Å². The maximum Gasteiger partial charge on any atom is 0.0598 e. The monoisotopic (exact) mass is 265 g/mol. The highest BCUT2D eigenvalue weighted by atomic mass is 16.5. The van der Waals surface area contributed by atoms with Crippen molar-refractivity contribution in [3.05, 3.63) is 0 Å². The van der Waals surface area contributed by atoms with Gasteiger partial charge in [-0.2, -0.15) is 0 Å². The molecule has 4 heteroatoms. The van der Waals surface area contributed by atoms with Crippen LogP contribution in [-0.2, 0) is 4.74 Å². The molecule has 2 heterocycles. The third kappa shape index (κ3) is 5.12. The number of morpholine rings is 1. The van der Waals surface area contributed by atoms with Crippen LogP contribution in [0.3, 0.4) is 0 Å². The van der Waals surface area contributed by atoms with Crippen LogP contribution in [0.15, 0.2) is 0 Å². The van der Waals surface area contributed by atoms with Crippen LogP contribution >= 0.6 is 0 Å². The van der Waals surface area contributed by atoms with Crippen molar-refractivity contribution in [3.8, 4) is 12.3 Å². The van der Waals surface area contributed by atoms with Crippen LogP contribution in [-0.4, -0.2) is 74.4 Å². The minimum atomic E-state index is 0.558. The molecule has 2 fully saturated rings. The molecule has 2 aliphatic rings. The van der Waals surface area contributed by atoms with Crippen molar-refractivity contribution < 1.29 is 4.74 Å². The summed E-state index contributed by atoms with van der Waals surface area (Å²) in [4.78, 5) is 4.86. The lowest BCUT2D eigenvalue weighted by atomic mass is 10.0. The third-order valence-corrected chi connectivity index (χ3v) is 4.06. The summed E-state index contributed by atoms with van der Waals surface area (Å²) in [6.45, 7) is 10.4. The van der Waals surface area contributed by atoms with Gasteiger partial charge in [-0.25, -0.2) is 0 Å². The first kappa shape index (κ1) is 14.8. The fraction of sp³-hybridized carbons (Fsp3) is 0.867. The smallest absolute Gasteiger partial charge is 0.0598 e. The molecule has 0 aromatic heterocycles. The topological polar surface area (TPSA) is 27.7 Å². The first-order valence-electron chi connectivity index (χ1n) is 7.50. The van der Waals surface area contributed by atoms with E-state index >= 15 is 0 Å². The molecule has 19 heavy (non-hydrogen) atoms. The predicted octanol–water partition coefficient (Wildman–Crippen LogP) is 0.394. The fourth-order valence-corrected chi connectivity index (χ4v) is 3.01. The number of hydrogen-bond donors (Lipinski definition) is 1. The van der Waals surface area contributed by atoms with Gasteiger partial charge in [0.2, 0.25) is 0 Å². The van der Waals surface area contributed by atoms with Gasteiger partial charge in [-0.15, -0.1) is 6.42 Å². The summed E-state index contributed by atoms with van der Waals surface area (Å²) in [6.07, 6.45) is 7.79. The van der Waals surface area contributed by atoms with E-state index < -0.39 is 0 Å². The largest absolute Gasteiger partial charge is 0.379 e. The number of terminal acetylenes is 1. The molecule has 2 aliphatic heterocycles. The number of ether oxygens (including phenoxy) is 1. The van der Waals surface area contributed by atoms with Gasteiger partial charge in [0, 0.05) is 44.8 Å². The molecule has 2 rings (SSSR count). The molecule has 1 N–H and O–H groups in total. The summed E-state index contributed by atoms with van der Waals surface area (Å²) in [5.74, 6) is 2.73. The summed E-state index contributed by atoms with van der Waals surface area (Å²) in [6, 6.07) is 1.22. The summed E-state index contributed by atoms with van der Waals surface area (Å²) >= 11 is 0. The zero-order valence-corrected chi connectivity index (χ0v) is 12.1. The van der Waals surface area contributed by atoms with Gasteiger partial charge in [0.25, 0.3) is 0 Å². The number of nitrogens with zero attached hydrogens (tertiary/aromatic N) is 2.